The minimum Gasteiger partial charge on any atom is -0.381 e. The molecule has 0 aliphatic carbocycles. The Bertz CT molecular complexity index is 608. The van der Waals surface area contributed by atoms with Crippen molar-refractivity contribution in [3.8, 4) is 0 Å². The van der Waals surface area contributed by atoms with Crippen LogP contribution in [0.25, 0.3) is 0 Å². The molecule has 0 saturated carbocycles. The highest BCUT2D eigenvalue weighted by atomic mass is 16.5. The SMILES string of the molecule is CC(C)C[C@H]1C(=O)NCCN1C(=O)c1cccc([C@H]2CCOC2)c1. The minimum absolute atomic E-state index is 0.0383. The molecule has 5 nitrogen and oxygen atoms in total. The molecule has 3 rings (SSSR count). The first-order valence-corrected chi connectivity index (χ1v) is 8.82. The molecule has 5 heteroatoms. The van der Waals surface area contributed by atoms with Gasteiger partial charge in [0.25, 0.3) is 5.91 Å². The normalized spacial score (nSPS) is 24.3. The van der Waals surface area contributed by atoms with Crippen LogP contribution in [0.15, 0.2) is 24.3 Å². The van der Waals surface area contributed by atoms with Gasteiger partial charge in [-0.05, 0) is 36.5 Å². The summed E-state index contributed by atoms with van der Waals surface area (Å²) in [5.74, 6) is 0.643. The third kappa shape index (κ3) is 3.61. The Kier molecular flexibility index (Phi) is 5.19. The monoisotopic (exact) mass is 330 g/mol. The van der Waals surface area contributed by atoms with Crippen LogP contribution < -0.4 is 5.32 Å². The lowest BCUT2D eigenvalue weighted by molar-refractivity contribution is -0.128. The number of hydrogen-bond donors (Lipinski definition) is 1. The Morgan fingerprint density at radius 2 is 2.25 bits per heavy atom. The number of nitrogens with zero attached hydrogens (tertiary/aromatic N) is 1. The number of carbonyl (C=O) groups excluding carboxylic acids is 2. The largest absolute Gasteiger partial charge is 0.381 e. The summed E-state index contributed by atoms with van der Waals surface area (Å²) in [7, 11) is 0. The summed E-state index contributed by atoms with van der Waals surface area (Å²) in [5.41, 5.74) is 1.82. The molecule has 1 N–H and O–H groups in total. The average Bonchev–Trinajstić information content (AvgIpc) is 3.10. The standard InChI is InChI=1S/C19H26N2O3/c1-13(2)10-17-18(22)20-7-8-21(17)19(23)15-5-3-4-14(11-15)16-6-9-24-12-16/h3-5,11,13,16-17H,6-10,12H2,1-2H3,(H,20,22)/t16-,17-/m0/s1. The van der Waals surface area contributed by atoms with Crippen molar-refractivity contribution >= 4 is 11.8 Å². The highest BCUT2D eigenvalue weighted by Gasteiger charge is 2.34. The van der Waals surface area contributed by atoms with Crippen LogP contribution in [-0.2, 0) is 9.53 Å². The topological polar surface area (TPSA) is 58.6 Å². The van der Waals surface area contributed by atoms with Gasteiger partial charge in [-0.1, -0.05) is 26.0 Å². The summed E-state index contributed by atoms with van der Waals surface area (Å²) in [4.78, 5) is 27.0. The molecule has 2 fully saturated rings. The molecule has 0 radical (unpaired) electrons. The smallest absolute Gasteiger partial charge is 0.254 e. The average molecular weight is 330 g/mol. The van der Waals surface area contributed by atoms with E-state index >= 15 is 0 Å². The van der Waals surface area contributed by atoms with Gasteiger partial charge >= 0.3 is 0 Å². The molecule has 0 spiro atoms. The molecular weight excluding hydrogens is 304 g/mol. The van der Waals surface area contributed by atoms with Gasteiger partial charge < -0.3 is 15.0 Å². The van der Waals surface area contributed by atoms with Gasteiger partial charge in [-0.2, -0.15) is 0 Å². The molecule has 24 heavy (non-hydrogen) atoms. The van der Waals surface area contributed by atoms with Crippen LogP contribution in [0.2, 0.25) is 0 Å². The van der Waals surface area contributed by atoms with E-state index in [1.54, 1.807) is 4.90 Å². The number of carbonyl (C=O) groups is 2. The maximum absolute atomic E-state index is 13.0. The van der Waals surface area contributed by atoms with E-state index in [9.17, 15) is 9.59 Å². The minimum atomic E-state index is -0.371. The molecule has 2 amide bonds. The molecule has 2 aliphatic heterocycles. The molecule has 2 aliphatic rings. The van der Waals surface area contributed by atoms with Gasteiger partial charge in [0.15, 0.2) is 0 Å². The summed E-state index contributed by atoms with van der Waals surface area (Å²) < 4.78 is 5.45. The van der Waals surface area contributed by atoms with Gasteiger partial charge in [0.1, 0.15) is 6.04 Å². The second-order valence-corrected chi connectivity index (χ2v) is 7.12. The maximum atomic E-state index is 13.0. The summed E-state index contributed by atoms with van der Waals surface area (Å²) in [6.07, 6.45) is 1.69. The summed E-state index contributed by atoms with van der Waals surface area (Å²) in [6, 6.07) is 7.44. The van der Waals surface area contributed by atoms with Crippen molar-refractivity contribution in [2.75, 3.05) is 26.3 Å². The van der Waals surface area contributed by atoms with Crippen molar-refractivity contribution in [1.82, 2.24) is 10.2 Å². The summed E-state index contributed by atoms with van der Waals surface area (Å²) >= 11 is 0. The Morgan fingerprint density at radius 1 is 1.42 bits per heavy atom. The molecule has 0 bridgehead atoms. The van der Waals surface area contributed by atoms with Crippen molar-refractivity contribution in [2.45, 2.75) is 38.6 Å². The van der Waals surface area contributed by atoms with Gasteiger partial charge in [-0.3, -0.25) is 9.59 Å². The third-order valence-electron chi connectivity index (χ3n) is 4.82. The molecule has 1 aromatic carbocycles. The lowest BCUT2D eigenvalue weighted by Crippen LogP contribution is -2.57. The van der Waals surface area contributed by atoms with Crippen molar-refractivity contribution in [2.24, 2.45) is 5.92 Å². The predicted molar refractivity (Wildman–Crippen MR) is 91.9 cm³/mol. The van der Waals surface area contributed by atoms with Gasteiger partial charge in [-0.25, -0.2) is 0 Å². The van der Waals surface area contributed by atoms with Crippen LogP contribution in [-0.4, -0.2) is 49.1 Å². The third-order valence-corrected chi connectivity index (χ3v) is 4.82. The van der Waals surface area contributed by atoms with Crippen LogP contribution in [0.5, 0.6) is 0 Å². The number of nitrogens with one attached hydrogen (secondary N) is 1. The van der Waals surface area contributed by atoms with Crippen molar-refractivity contribution in [1.29, 1.82) is 0 Å². The van der Waals surface area contributed by atoms with E-state index in [-0.39, 0.29) is 17.9 Å². The number of ether oxygens (including phenoxy) is 1. The second kappa shape index (κ2) is 7.34. The van der Waals surface area contributed by atoms with E-state index in [1.807, 2.05) is 18.2 Å². The van der Waals surface area contributed by atoms with E-state index in [0.717, 1.165) is 25.2 Å². The van der Waals surface area contributed by atoms with Crippen molar-refractivity contribution < 1.29 is 14.3 Å². The summed E-state index contributed by atoms with van der Waals surface area (Å²) in [6.45, 7) is 6.75. The molecule has 2 atom stereocenters. The predicted octanol–water partition coefficient (Wildman–Crippen LogP) is 2.18. The van der Waals surface area contributed by atoms with E-state index in [1.165, 1.54) is 0 Å². The lowest BCUT2D eigenvalue weighted by atomic mass is 9.95. The first-order valence-electron chi connectivity index (χ1n) is 8.82. The molecule has 1 aromatic rings. The molecule has 2 saturated heterocycles. The fraction of sp³-hybridized carbons (Fsp3) is 0.579. The Hall–Kier alpha value is -1.88. The van der Waals surface area contributed by atoms with E-state index < -0.39 is 0 Å². The van der Waals surface area contributed by atoms with Crippen molar-refractivity contribution in [3.05, 3.63) is 35.4 Å². The maximum Gasteiger partial charge on any atom is 0.254 e. The zero-order valence-corrected chi connectivity index (χ0v) is 14.5. The fourth-order valence-corrected chi connectivity index (χ4v) is 3.53. The zero-order chi connectivity index (χ0) is 17.1. The molecule has 0 aromatic heterocycles. The van der Waals surface area contributed by atoms with Crippen LogP contribution in [0.1, 0.15) is 48.5 Å². The van der Waals surface area contributed by atoms with Gasteiger partial charge in [0.2, 0.25) is 5.91 Å². The van der Waals surface area contributed by atoms with E-state index in [2.05, 4.69) is 25.2 Å². The van der Waals surface area contributed by atoms with Gasteiger partial charge in [-0.15, -0.1) is 0 Å². The summed E-state index contributed by atoms with van der Waals surface area (Å²) in [5, 5.41) is 2.88. The zero-order valence-electron chi connectivity index (χ0n) is 14.5. The second-order valence-electron chi connectivity index (χ2n) is 7.12. The Morgan fingerprint density at radius 3 is 2.96 bits per heavy atom. The number of benzene rings is 1. The number of amides is 2. The van der Waals surface area contributed by atoms with Gasteiger partial charge in [0.05, 0.1) is 6.61 Å². The van der Waals surface area contributed by atoms with E-state index in [0.29, 0.717) is 36.9 Å². The number of piperazine rings is 1. The lowest BCUT2D eigenvalue weighted by Gasteiger charge is -2.36. The molecular formula is C19H26N2O3. The van der Waals surface area contributed by atoms with Crippen LogP contribution >= 0.6 is 0 Å². The van der Waals surface area contributed by atoms with Crippen LogP contribution in [0.3, 0.4) is 0 Å². The number of rotatable bonds is 4. The first-order chi connectivity index (χ1) is 11.6. The van der Waals surface area contributed by atoms with Gasteiger partial charge in [0, 0.05) is 31.2 Å². The molecule has 130 valence electrons. The highest BCUT2D eigenvalue weighted by molar-refractivity contribution is 5.98. The fourth-order valence-electron chi connectivity index (χ4n) is 3.53. The van der Waals surface area contributed by atoms with E-state index in [4.69, 9.17) is 4.74 Å². The Labute approximate surface area is 143 Å². The molecule has 0 unspecified atom stereocenters. The Balaban J connectivity index is 1.81. The quantitative estimate of drug-likeness (QED) is 0.920. The van der Waals surface area contributed by atoms with Crippen molar-refractivity contribution in [3.63, 3.8) is 0 Å². The highest BCUT2D eigenvalue weighted by Crippen LogP contribution is 2.26. The van der Waals surface area contributed by atoms with Crippen LogP contribution in [0.4, 0.5) is 0 Å². The van der Waals surface area contributed by atoms with Crippen LogP contribution in [0, 0.1) is 5.92 Å². The first kappa shape index (κ1) is 17.0. The number of hydrogen-bond acceptors (Lipinski definition) is 3. The molecule has 2 heterocycles.